The molecule has 6 heteroatoms. The van der Waals surface area contributed by atoms with Crippen LogP contribution in [0.1, 0.15) is 15.2 Å². The van der Waals surface area contributed by atoms with Crippen molar-refractivity contribution in [2.45, 2.75) is 6.54 Å². The number of aromatic nitrogens is 1. The lowest BCUT2D eigenvalue weighted by Crippen LogP contribution is -2.32. The molecule has 23 heavy (non-hydrogen) atoms. The maximum atomic E-state index is 13.1. The molecular weight excluding hydrogens is 313 g/mol. The predicted molar refractivity (Wildman–Crippen MR) is 88.9 cm³/mol. The molecular formula is C17H12FN3OS. The second-order valence-electron chi connectivity index (χ2n) is 5.24. The van der Waals surface area contributed by atoms with Crippen molar-refractivity contribution < 1.29 is 9.18 Å². The zero-order valence-electron chi connectivity index (χ0n) is 12.0. The van der Waals surface area contributed by atoms with Crippen LogP contribution in [-0.4, -0.2) is 10.9 Å². The molecule has 1 aliphatic rings. The fourth-order valence-corrected chi connectivity index (χ4v) is 3.59. The highest BCUT2D eigenvalue weighted by Gasteiger charge is 2.29. The van der Waals surface area contributed by atoms with Crippen LogP contribution in [0.4, 0.5) is 15.2 Å². The third kappa shape index (κ3) is 2.27. The predicted octanol–water partition coefficient (Wildman–Crippen LogP) is 3.69. The van der Waals surface area contributed by atoms with Crippen LogP contribution in [0.15, 0.2) is 48.5 Å². The molecule has 4 rings (SSSR count). The molecule has 0 aliphatic carbocycles. The highest BCUT2D eigenvalue weighted by molar-refractivity contribution is 7.15. The minimum atomic E-state index is -0.363. The SMILES string of the molecule is Nc1nc2c(s1)CN(C(=O)c1ccc(F)cc1)c1ccccc1-2. The Kier molecular flexibility index (Phi) is 3.12. The van der Waals surface area contributed by atoms with Gasteiger partial charge in [0, 0.05) is 11.1 Å². The average Bonchev–Trinajstić information content (AvgIpc) is 2.95. The number of hydrogen-bond acceptors (Lipinski definition) is 4. The number of hydrogen-bond donors (Lipinski definition) is 1. The van der Waals surface area contributed by atoms with Gasteiger partial charge in [0.1, 0.15) is 5.82 Å². The van der Waals surface area contributed by atoms with E-state index in [1.807, 2.05) is 24.3 Å². The Balaban J connectivity index is 1.81. The van der Waals surface area contributed by atoms with Crippen LogP contribution < -0.4 is 10.6 Å². The first-order chi connectivity index (χ1) is 11.1. The zero-order chi connectivity index (χ0) is 16.0. The highest BCUT2D eigenvalue weighted by Crippen LogP contribution is 2.42. The van der Waals surface area contributed by atoms with Crippen molar-refractivity contribution in [2.24, 2.45) is 0 Å². The van der Waals surface area contributed by atoms with E-state index in [4.69, 9.17) is 5.73 Å². The van der Waals surface area contributed by atoms with Crippen molar-refractivity contribution in [3.63, 3.8) is 0 Å². The van der Waals surface area contributed by atoms with Gasteiger partial charge in [0.15, 0.2) is 5.13 Å². The van der Waals surface area contributed by atoms with Crippen LogP contribution in [0.5, 0.6) is 0 Å². The van der Waals surface area contributed by atoms with E-state index in [9.17, 15) is 9.18 Å². The molecule has 0 radical (unpaired) electrons. The van der Waals surface area contributed by atoms with Crippen molar-refractivity contribution >= 4 is 28.1 Å². The largest absolute Gasteiger partial charge is 0.375 e. The third-order valence-corrected chi connectivity index (χ3v) is 4.67. The molecule has 0 unspecified atom stereocenters. The van der Waals surface area contributed by atoms with E-state index in [0.717, 1.165) is 21.8 Å². The molecule has 0 atom stereocenters. The number of carbonyl (C=O) groups is 1. The molecule has 2 aromatic carbocycles. The summed E-state index contributed by atoms with van der Waals surface area (Å²) in [4.78, 5) is 19.9. The van der Waals surface area contributed by atoms with E-state index in [1.54, 1.807) is 4.90 Å². The van der Waals surface area contributed by atoms with Crippen molar-refractivity contribution in [1.82, 2.24) is 4.98 Å². The number of nitrogen functional groups attached to an aromatic ring is 1. The molecule has 114 valence electrons. The quantitative estimate of drug-likeness (QED) is 0.742. The topological polar surface area (TPSA) is 59.2 Å². The molecule has 0 saturated heterocycles. The van der Waals surface area contributed by atoms with Gasteiger partial charge in [-0.15, -0.1) is 0 Å². The molecule has 2 N–H and O–H groups in total. The van der Waals surface area contributed by atoms with Crippen LogP contribution in [0, 0.1) is 5.82 Å². The molecule has 0 fully saturated rings. The van der Waals surface area contributed by atoms with E-state index in [-0.39, 0.29) is 11.7 Å². The summed E-state index contributed by atoms with van der Waals surface area (Å²) in [5.74, 6) is -0.534. The Morgan fingerprint density at radius 1 is 1.17 bits per heavy atom. The van der Waals surface area contributed by atoms with Crippen LogP contribution in [-0.2, 0) is 6.54 Å². The number of nitrogens with two attached hydrogens (primary N) is 1. The van der Waals surface area contributed by atoms with E-state index in [1.165, 1.54) is 35.6 Å². The fourth-order valence-electron chi connectivity index (χ4n) is 2.76. The van der Waals surface area contributed by atoms with Crippen LogP contribution in [0.25, 0.3) is 11.3 Å². The van der Waals surface area contributed by atoms with Crippen molar-refractivity contribution in [1.29, 1.82) is 0 Å². The molecule has 1 aliphatic heterocycles. The van der Waals surface area contributed by atoms with Crippen LogP contribution >= 0.6 is 11.3 Å². The number of amides is 1. The molecule has 1 aromatic heterocycles. The van der Waals surface area contributed by atoms with Gasteiger partial charge in [0.2, 0.25) is 0 Å². The fraction of sp³-hybridized carbons (Fsp3) is 0.0588. The van der Waals surface area contributed by atoms with Crippen molar-refractivity contribution in [2.75, 3.05) is 10.6 Å². The lowest BCUT2D eigenvalue weighted by molar-refractivity contribution is 0.0985. The summed E-state index contributed by atoms with van der Waals surface area (Å²) in [7, 11) is 0. The monoisotopic (exact) mass is 325 g/mol. The zero-order valence-corrected chi connectivity index (χ0v) is 12.8. The summed E-state index contributed by atoms with van der Waals surface area (Å²) in [6.45, 7) is 0.414. The first kappa shape index (κ1) is 13.9. The second-order valence-corrected chi connectivity index (χ2v) is 6.35. The number of benzene rings is 2. The van der Waals surface area contributed by atoms with Gasteiger partial charge in [-0.1, -0.05) is 29.5 Å². The Bertz CT molecular complexity index is 904. The average molecular weight is 325 g/mol. The smallest absolute Gasteiger partial charge is 0.258 e. The van der Waals surface area contributed by atoms with E-state index >= 15 is 0 Å². The molecule has 0 spiro atoms. The van der Waals surface area contributed by atoms with Gasteiger partial charge in [-0.2, -0.15) is 0 Å². The van der Waals surface area contributed by atoms with Gasteiger partial charge in [-0.25, -0.2) is 9.37 Å². The van der Waals surface area contributed by atoms with Crippen molar-refractivity contribution in [3.8, 4) is 11.3 Å². The van der Waals surface area contributed by atoms with Gasteiger partial charge < -0.3 is 10.6 Å². The first-order valence-electron chi connectivity index (χ1n) is 7.05. The number of para-hydroxylation sites is 1. The van der Waals surface area contributed by atoms with Gasteiger partial charge >= 0.3 is 0 Å². The Hall–Kier alpha value is -2.73. The first-order valence-corrected chi connectivity index (χ1v) is 7.87. The summed E-state index contributed by atoms with van der Waals surface area (Å²) >= 11 is 1.39. The standard InChI is InChI=1S/C17H12FN3OS/c18-11-7-5-10(6-8-11)16(22)21-9-14-15(20-17(19)23-14)12-3-1-2-4-13(12)21/h1-8H,9H2,(H2,19,20). The molecule has 3 aromatic rings. The minimum Gasteiger partial charge on any atom is -0.375 e. The van der Waals surface area contributed by atoms with E-state index < -0.39 is 0 Å². The van der Waals surface area contributed by atoms with Gasteiger partial charge in [-0.05, 0) is 30.3 Å². The minimum absolute atomic E-state index is 0.171. The Morgan fingerprint density at radius 2 is 1.91 bits per heavy atom. The lowest BCUT2D eigenvalue weighted by atomic mass is 10.0. The Morgan fingerprint density at radius 3 is 2.70 bits per heavy atom. The molecule has 1 amide bonds. The number of thiazole rings is 1. The number of fused-ring (bicyclic) bond motifs is 3. The normalized spacial score (nSPS) is 12.7. The van der Waals surface area contributed by atoms with Gasteiger partial charge in [0.25, 0.3) is 5.91 Å². The van der Waals surface area contributed by atoms with Gasteiger partial charge in [0.05, 0.1) is 22.8 Å². The molecule has 0 bridgehead atoms. The van der Waals surface area contributed by atoms with Crippen LogP contribution in [0.2, 0.25) is 0 Å². The number of carbonyl (C=O) groups excluding carboxylic acids is 1. The summed E-state index contributed by atoms with van der Waals surface area (Å²) in [6, 6.07) is 13.2. The summed E-state index contributed by atoms with van der Waals surface area (Å²) in [5, 5.41) is 0.487. The maximum absolute atomic E-state index is 13.1. The van der Waals surface area contributed by atoms with E-state index in [0.29, 0.717) is 17.2 Å². The maximum Gasteiger partial charge on any atom is 0.258 e. The molecule has 4 nitrogen and oxygen atoms in total. The van der Waals surface area contributed by atoms with Crippen molar-refractivity contribution in [3.05, 3.63) is 64.8 Å². The summed E-state index contributed by atoms with van der Waals surface area (Å²) in [6.07, 6.45) is 0. The molecule has 2 heterocycles. The number of rotatable bonds is 1. The lowest BCUT2D eigenvalue weighted by Gasteiger charge is -2.28. The number of anilines is 2. The highest BCUT2D eigenvalue weighted by atomic mass is 32.1. The Labute approximate surface area is 136 Å². The molecule has 0 saturated carbocycles. The second kappa shape index (κ2) is 5.17. The number of halogens is 1. The summed E-state index contributed by atoms with van der Waals surface area (Å²) < 4.78 is 13.1. The van der Waals surface area contributed by atoms with E-state index in [2.05, 4.69) is 4.98 Å². The third-order valence-electron chi connectivity index (χ3n) is 3.80. The number of nitrogens with zero attached hydrogens (tertiary/aromatic N) is 2. The van der Waals surface area contributed by atoms with Crippen LogP contribution in [0.3, 0.4) is 0 Å². The van der Waals surface area contributed by atoms with Gasteiger partial charge in [-0.3, -0.25) is 4.79 Å². The summed E-state index contributed by atoms with van der Waals surface area (Å²) in [5.41, 5.74) is 8.79.